The Hall–Kier alpha value is -0.850. The first-order valence-corrected chi connectivity index (χ1v) is 7.89. The zero-order chi connectivity index (χ0) is 14.1. The van der Waals surface area contributed by atoms with E-state index in [0.717, 1.165) is 12.0 Å². The van der Waals surface area contributed by atoms with Crippen molar-refractivity contribution < 1.29 is 9.47 Å². The summed E-state index contributed by atoms with van der Waals surface area (Å²) in [5.74, 6) is 1.77. The Labute approximate surface area is 137 Å². The molecule has 3 rings (SSSR count). The van der Waals surface area contributed by atoms with E-state index in [1.165, 1.54) is 0 Å². The molecule has 0 bridgehead atoms. The van der Waals surface area contributed by atoms with Crippen LogP contribution in [-0.2, 0) is 0 Å². The predicted molar refractivity (Wildman–Crippen MR) is 83.5 cm³/mol. The summed E-state index contributed by atoms with van der Waals surface area (Å²) in [4.78, 5) is 8.68. The van der Waals surface area contributed by atoms with E-state index in [0.29, 0.717) is 44.8 Å². The minimum Gasteiger partial charge on any atom is -0.489 e. The van der Waals surface area contributed by atoms with Crippen LogP contribution in [0.15, 0.2) is 27.4 Å². The molecule has 1 aliphatic rings. The van der Waals surface area contributed by atoms with E-state index in [9.17, 15) is 0 Å². The second-order valence-electron chi connectivity index (χ2n) is 4.17. The fraction of sp³-hybridized carbons (Fsp3) is 0.231. The maximum Gasteiger partial charge on any atom is 0.179 e. The molecule has 0 fully saturated rings. The van der Waals surface area contributed by atoms with E-state index in [1.54, 1.807) is 12.1 Å². The number of rotatable bonds is 1. The van der Waals surface area contributed by atoms with Gasteiger partial charge in [-0.15, -0.1) is 0 Å². The van der Waals surface area contributed by atoms with Crippen LogP contribution >= 0.6 is 43.5 Å². The number of halogens is 3. The maximum atomic E-state index is 6.27. The minimum atomic E-state index is 0.499. The highest BCUT2D eigenvalue weighted by atomic mass is 79.9. The molecule has 0 saturated carbocycles. The van der Waals surface area contributed by atoms with Gasteiger partial charge in [-0.1, -0.05) is 11.6 Å². The number of aromatic nitrogens is 2. The lowest BCUT2D eigenvalue weighted by atomic mass is 10.2. The van der Waals surface area contributed by atoms with Crippen molar-refractivity contribution >= 4 is 43.5 Å². The monoisotopic (exact) mass is 418 g/mol. The molecule has 4 nitrogen and oxygen atoms in total. The second kappa shape index (κ2) is 5.87. The van der Waals surface area contributed by atoms with E-state index in [4.69, 9.17) is 21.1 Å². The van der Waals surface area contributed by atoms with Crippen LogP contribution in [0.5, 0.6) is 11.5 Å². The second-order valence-corrected chi connectivity index (χ2v) is 6.20. The van der Waals surface area contributed by atoms with E-state index in [1.807, 2.05) is 6.07 Å². The Kier molecular flexibility index (Phi) is 4.14. The quantitative estimate of drug-likeness (QED) is 0.638. The normalized spacial score (nSPS) is 13.9. The van der Waals surface area contributed by atoms with Gasteiger partial charge in [0, 0.05) is 18.1 Å². The Morgan fingerprint density at radius 1 is 1.00 bits per heavy atom. The van der Waals surface area contributed by atoms with Gasteiger partial charge < -0.3 is 9.47 Å². The average molecular weight is 420 g/mol. The Morgan fingerprint density at radius 3 is 2.45 bits per heavy atom. The third kappa shape index (κ3) is 2.92. The summed E-state index contributed by atoms with van der Waals surface area (Å²) in [5, 5.41) is 0.499. The van der Waals surface area contributed by atoms with Crippen LogP contribution in [0.1, 0.15) is 6.42 Å². The minimum absolute atomic E-state index is 0.499. The van der Waals surface area contributed by atoms with Gasteiger partial charge in [0.2, 0.25) is 0 Å². The van der Waals surface area contributed by atoms with Gasteiger partial charge >= 0.3 is 0 Å². The summed E-state index contributed by atoms with van der Waals surface area (Å²) in [6.07, 6.45) is 0.833. The lowest BCUT2D eigenvalue weighted by Crippen LogP contribution is -1.97. The zero-order valence-corrected chi connectivity index (χ0v) is 14.1. The highest BCUT2D eigenvalue weighted by Gasteiger charge is 2.17. The van der Waals surface area contributed by atoms with Gasteiger partial charge in [-0.05, 0) is 44.0 Å². The van der Waals surface area contributed by atoms with Crippen molar-refractivity contribution in [2.75, 3.05) is 13.2 Å². The summed E-state index contributed by atoms with van der Waals surface area (Å²) in [6, 6.07) is 5.40. The largest absolute Gasteiger partial charge is 0.489 e. The van der Waals surface area contributed by atoms with Gasteiger partial charge in [-0.2, -0.15) is 0 Å². The van der Waals surface area contributed by atoms with E-state index in [2.05, 4.69) is 41.8 Å². The first-order valence-electron chi connectivity index (χ1n) is 5.93. The maximum absolute atomic E-state index is 6.27. The molecule has 1 aliphatic heterocycles. The number of nitrogens with zero attached hydrogens (tertiary/aromatic N) is 2. The Balaban J connectivity index is 2.10. The fourth-order valence-electron chi connectivity index (χ4n) is 1.88. The van der Waals surface area contributed by atoms with Crippen LogP contribution < -0.4 is 9.47 Å². The van der Waals surface area contributed by atoms with Gasteiger partial charge in [0.1, 0.15) is 9.21 Å². The third-order valence-corrected chi connectivity index (χ3v) is 3.82. The summed E-state index contributed by atoms with van der Waals surface area (Å²) in [5.41, 5.74) is 0.779. The molecule has 2 aromatic rings. The lowest BCUT2D eigenvalue weighted by molar-refractivity contribution is 0.297. The van der Waals surface area contributed by atoms with Gasteiger partial charge in [0.15, 0.2) is 17.3 Å². The lowest BCUT2D eigenvalue weighted by Gasteiger charge is -2.11. The number of fused-ring (bicyclic) bond motifs is 1. The zero-order valence-electron chi connectivity index (χ0n) is 10.2. The molecule has 0 atom stereocenters. The van der Waals surface area contributed by atoms with Crippen LogP contribution in [0.3, 0.4) is 0 Å². The molecule has 0 unspecified atom stereocenters. The molecule has 104 valence electrons. The highest BCUT2D eigenvalue weighted by molar-refractivity contribution is 9.11. The number of hydrogen-bond donors (Lipinski definition) is 0. The molecule has 7 heteroatoms. The summed E-state index contributed by atoms with van der Waals surface area (Å²) < 4.78 is 12.6. The summed E-state index contributed by atoms with van der Waals surface area (Å²) in [6.45, 7) is 1.21. The van der Waals surface area contributed by atoms with Crippen LogP contribution in [0.25, 0.3) is 11.4 Å². The van der Waals surface area contributed by atoms with E-state index >= 15 is 0 Å². The number of benzene rings is 1. The first kappa shape index (κ1) is 14.1. The molecule has 0 saturated heterocycles. The van der Waals surface area contributed by atoms with E-state index in [-0.39, 0.29) is 0 Å². The first-order chi connectivity index (χ1) is 9.63. The van der Waals surface area contributed by atoms with Gasteiger partial charge in [-0.3, -0.25) is 0 Å². The summed E-state index contributed by atoms with van der Waals surface area (Å²) in [7, 11) is 0. The Morgan fingerprint density at radius 2 is 1.70 bits per heavy atom. The van der Waals surface area contributed by atoms with Crippen molar-refractivity contribution in [1.82, 2.24) is 9.97 Å². The molecular weight excluding hydrogens is 411 g/mol. The highest BCUT2D eigenvalue weighted by Crippen LogP contribution is 2.40. The summed E-state index contributed by atoms with van der Waals surface area (Å²) >= 11 is 13.0. The molecule has 1 aromatic heterocycles. The van der Waals surface area contributed by atoms with Gasteiger partial charge in [0.25, 0.3) is 0 Å². The molecule has 1 aromatic carbocycles. The van der Waals surface area contributed by atoms with Gasteiger partial charge in [0.05, 0.1) is 18.2 Å². The molecule has 0 spiro atoms. The predicted octanol–water partition coefficient (Wildman–Crippen LogP) is 4.48. The number of ether oxygens (including phenoxy) is 2. The topological polar surface area (TPSA) is 44.2 Å². The molecular formula is C13H9Br2ClN2O2. The molecule has 0 amide bonds. The van der Waals surface area contributed by atoms with Crippen LogP contribution in [-0.4, -0.2) is 23.2 Å². The van der Waals surface area contributed by atoms with Crippen molar-refractivity contribution in [3.8, 4) is 22.9 Å². The standard InChI is InChI=1S/C13H9Br2ClN2O2/c14-10-6-11(15)18-13(17-10)7-4-8(16)12-9(5-7)19-2-1-3-20-12/h4-6H,1-3H2. The molecule has 2 heterocycles. The van der Waals surface area contributed by atoms with E-state index < -0.39 is 0 Å². The average Bonchev–Trinajstić information content (AvgIpc) is 2.63. The van der Waals surface area contributed by atoms with Crippen molar-refractivity contribution in [2.45, 2.75) is 6.42 Å². The number of hydrogen-bond acceptors (Lipinski definition) is 4. The van der Waals surface area contributed by atoms with Crippen molar-refractivity contribution in [2.24, 2.45) is 0 Å². The van der Waals surface area contributed by atoms with Crippen LogP contribution in [0, 0.1) is 0 Å². The van der Waals surface area contributed by atoms with Crippen LogP contribution in [0.4, 0.5) is 0 Å². The van der Waals surface area contributed by atoms with Crippen molar-refractivity contribution in [3.05, 3.63) is 32.4 Å². The fourth-order valence-corrected chi connectivity index (χ4v) is 3.22. The van der Waals surface area contributed by atoms with Gasteiger partial charge in [-0.25, -0.2) is 9.97 Å². The van der Waals surface area contributed by atoms with Crippen LogP contribution in [0.2, 0.25) is 5.02 Å². The van der Waals surface area contributed by atoms with Crippen molar-refractivity contribution in [1.29, 1.82) is 0 Å². The molecule has 0 N–H and O–H groups in total. The smallest absolute Gasteiger partial charge is 0.179 e. The Bertz CT molecular complexity index is 647. The molecule has 0 aliphatic carbocycles. The SMILES string of the molecule is Clc1cc(-c2nc(Br)cc(Br)n2)cc2c1OCCCO2. The van der Waals surface area contributed by atoms with Crippen molar-refractivity contribution in [3.63, 3.8) is 0 Å². The third-order valence-electron chi connectivity index (χ3n) is 2.72. The molecule has 20 heavy (non-hydrogen) atoms. The molecule has 0 radical (unpaired) electrons.